The lowest BCUT2D eigenvalue weighted by Gasteiger charge is -2.23. The molecular formula is C17H21ClFN5O3S. The van der Waals surface area contributed by atoms with Gasteiger partial charge >= 0.3 is 0 Å². The largest absolute Gasteiger partial charge is 0.348 e. The number of nitrogens with zero attached hydrogens (tertiary/aromatic N) is 4. The van der Waals surface area contributed by atoms with E-state index in [0.717, 1.165) is 4.31 Å². The minimum Gasteiger partial charge on any atom is -0.348 e. The van der Waals surface area contributed by atoms with Crippen LogP contribution in [-0.4, -0.2) is 58.4 Å². The Morgan fingerprint density at radius 2 is 2.11 bits per heavy atom. The molecule has 1 saturated heterocycles. The number of hydrogen-bond donors (Lipinski definition) is 1. The maximum absolute atomic E-state index is 14.1. The summed E-state index contributed by atoms with van der Waals surface area (Å²) in [5, 5.41) is 10.5. The number of nitrogens with one attached hydrogen (secondary N) is 1. The van der Waals surface area contributed by atoms with Crippen LogP contribution < -0.4 is 5.32 Å². The highest BCUT2D eigenvalue weighted by Crippen LogP contribution is 2.31. The van der Waals surface area contributed by atoms with E-state index < -0.39 is 22.2 Å². The molecule has 0 saturated carbocycles. The van der Waals surface area contributed by atoms with Crippen LogP contribution in [0.25, 0.3) is 0 Å². The summed E-state index contributed by atoms with van der Waals surface area (Å²) >= 11 is 6.04. The molecule has 1 aliphatic rings. The van der Waals surface area contributed by atoms with Crippen LogP contribution in [0, 0.1) is 0 Å². The Balaban J connectivity index is 1.81. The highest BCUT2D eigenvalue weighted by molar-refractivity contribution is 7.89. The third-order valence-electron chi connectivity index (χ3n) is 4.33. The second-order valence-electron chi connectivity index (χ2n) is 6.95. The van der Waals surface area contributed by atoms with Crippen molar-refractivity contribution in [3.8, 4) is 0 Å². The second kappa shape index (κ2) is 8.14. The number of benzene rings is 1. The monoisotopic (exact) mass is 429 g/mol. The molecule has 2 heterocycles. The van der Waals surface area contributed by atoms with E-state index in [1.807, 2.05) is 13.8 Å². The average molecular weight is 430 g/mol. The van der Waals surface area contributed by atoms with Gasteiger partial charge in [0.15, 0.2) is 5.69 Å². The van der Waals surface area contributed by atoms with Gasteiger partial charge in [-0.15, -0.1) is 5.10 Å². The molecule has 1 aromatic carbocycles. The topological polar surface area (TPSA) is 97.2 Å². The number of aromatic nitrogens is 3. The summed E-state index contributed by atoms with van der Waals surface area (Å²) in [7, 11) is -3.98. The first kappa shape index (κ1) is 20.7. The van der Waals surface area contributed by atoms with Gasteiger partial charge in [0.2, 0.25) is 10.0 Å². The number of halogens is 2. The molecule has 1 amide bonds. The molecular weight excluding hydrogens is 409 g/mol. The molecule has 28 heavy (non-hydrogen) atoms. The van der Waals surface area contributed by atoms with E-state index in [1.165, 1.54) is 23.0 Å². The van der Waals surface area contributed by atoms with Gasteiger partial charge in [0.25, 0.3) is 5.91 Å². The smallest absolute Gasteiger partial charge is 0.273 e. The van der Waals surface area contributed by atoms with Crippen LogP contribution in [0.15, 0.2) is 35.4 Å². The number of alkyl halides is 1. The van der Waals surface area contributed by atoms with E-state index in [9.17, 15) is 17.6 Å². The zero-order chi connectivity index (χ0) is 20.5. The summed E-state index contributed by atoms with van der Waals surface area (Å²) in [4.78, 5) is 11.9. The van der Waals surface area contributed by atoms with Crippen LogP contribution in [0.3, 0.4) is 0 Å². The average Bonchev–Trinajstić information content (AvgIpc) is 3.22. The van der Waals surface area contributed by atoms with Gasteiger partial charge < -0.3 is 5.32 Å². The van der Waals surface area contributed by atoms with Crippen molar-refractivity contribution in [3.05, 3.63) is 41.2 Å². The lowest BCUT2D eigenvalue weighted by Crippen LogP contribution is -2.38. The molecule has 0 spiro atoms. The molecule has 1 N–H and O–H groups in total. The standard InChI is InChI=1S/C17H21ClFN5O3S/c1-11(2)20-17(25)15-10-23(22-21-15)9-13-7-12(19)8-24(13)28(26,27)16-6-4-3-5-14(16)18/h3-6,10-13H,7-9H2,1-2H3,(H,20,25). The number of amides is 1. The van der Waals surface area contributed by atoms with Crippen LogP contribution in [0.5, 0.6) is 0 Å². The van der Waals surface area contributed by atoms with Gasteiger partial charge in [-0.05, 0) is 32.4 Å². The summed E-state index contributed by atoms with van der Waals surface area (Å²) in [5.41, 5.74) is 0.115. The number of carbonyl (C=O) groups is 1. The molecule has 2 atom stereocenters. The molecule has 152 valence electrons. The fourth-order valence-corrected chi connectivity index (χ4v) is 5.26. The minimum absolute atomic E-state index is 0.0249. The molecule has 0 radical (unpaired) electrons. The first-order chi connectivity index (χ1) is 13.2. The van der Waals surface area contributed by atoms with E-state index in [0.29, 0.717) is 0 Å². The van der Waals surface area contributed by atoms with Crippen molar-refractivity contribution in [1.82, 2.24) is 24.6 Å². The van der Waals surface area contributed by atoms with Crippen molar-refractivity contribution in [2.75, 3.05) is 6.54 Å². The Labute approximate surface area is 167 Å². The Hall–Kier alpha value is -2.04. The van der Waals surface area contributed by atoms with Gasteiger partial charge in [-0.2, -0.15) is 4.31 Å². The Morgan fingerprint density at radius 3 is 2.79 bits per heavy atom. The lowest BCUT2D eigenvalue weighted by molar-refractivity contribution is 0.0938. The fraction of sp³-hybridized carbons (Fsp3) is 0.471. The molecule has 0 aliphatic carbocycles. The van der Waals surface area contributed by atoms with Crippen LogP contribution in [0.4, 0.5) is 4.39 Å². The van der Waals surface area contributed by atoms with Gasteiger partial charge in [-0.3, -0.25) is 9.48 Å². The van der Waals surface area contributed by atoms with Gasteiger partial charge in [0.05, 0.1) is 17.8 Å². The molecule has 2 unspecified atom stereocenters. The number of rotatable bonds is 6. The van der Waals surface area contributed by atoms with E-state index in [-0.39, 0.29) is 47.1 Å². The van der Waals surface area contributed by atoms with Gasteiger partial charge in [0, 0.05) is 18.6 Å². The molecule has 1 aromatic heterocycles. The van der Waals surface area contributed by atoms with E-state index in [4.69, 9.17) is 11.6 Å². The van der Waals surface area contributed by atoms with Crippen LogP contribution in [0.1, 0.15) is 30.8 Å². The quantitative estimate of drug-likeness (QED) is 0.756. The molecule has 11 heteroatoms. The summed E-state index contributed by atoms with van der Waals surface area (Å²) in [6.07, 6.45) is 0.148. The highest BCUT2D eigenvalue weighted by atomic mass is 35.5. The van der Waals surface area contributed by atoms with Crippen molar-refractivity contribution in [1.29, 1.82) is 0 Å². The van der Waals surface area contributed by atoms with E-state index in [1.54, 1.807) is 12.1 Å². The summed E-state index contributed by atoms with van der Waals surface area (Å²) < 4.78 is 42.6. The predicted molar refractivity (Wildman–Crippen MR) is 101 cm³/mol. The summed E-state index contributed by atoms with van der Waals surface area (Å²) in [6.45, 7) is 3.46. The molecule has 1 fully saturated rings. The third kappa shape index (κ3) is 4.34. The van der Waals surface area contributed by atoms with Gasteiger partial charge in [0.1, 0.15) is 11.1 Å². The third-order valence-corrected chi connectivity index (χ3v) is 6.74. The van der Waals surface area contributed by atoms with E-state index >= 15 is 0 Å². The first-order valence-electron chi connectivity index (χ1n) is 8.80. The Morgan fingerprint density at radius 1 is 1.39 bits per heavy atom. The number of hydrogen-bond acceptors (Lipinski definition) is 5. The fourth-order valence-electron chi connectivity index (χ4n) is 3.12. The zero-order valence-corrected chi connectivity index (χ0v) is 17.0. The summed E-state index contributed by atoms with van der Waals surface area (Å²) in [5.74, 6) is -0.378. The maximum Gasteiger partial charge on any atom is 0.273 e. The molecule has 2 aromatic rings. The zero-order valence-electron chi connectivity index (χ0n) is 15.4. The normalized spacial score (nSPS) is 20.6. The Kier molecular flexibility index (Phi) is 6.01. The number of carbonyl (C=O) groups excluding carboxylic acids is 1. The van der Waals surface area contributed by atoms with Crippen molar-refractivity contribution in [2.24, 2.45) is 0 Å². The van der Waals surface area contributed by atoms with Crippen LogP contribution >= 0.6 is 11.6 Å². The highest BCUT2D eigenvalue weighted by Gasteiger charge is 2.41. The minimum atomic E-state index is -3.98. The SMILES string of the molecule is CC(C)NC(=O)c1cn(CC2CC(F)CN2S(=O)(=O)c2ccccc2Cl)nn1. The second-order valence-corrected chi connectivity index (χ2v) is 9.21. The number of sulfonamides is 1. The molecule has 0 bridgehead atoms. The van der Waals surface area contributed by atoms with Crippen molar-refractivity contribution >= 4 is 27.5 Å². The van der Waals surface area contributed by atoms with Gasteiger partial charge in [-0.25, -0.2) is 12.8 Å². The van der Waals surface area contributed by atoms with Crippen LogP contribution in [-0.2, 0) is 16.6 Å². The predicted octanol–water partition coefficient (Wildman–Crippen LogP) is 1.87. The summed E-state index contributed by atoms with van der Waals surface area (Å²) in [6, 6.07) is 5.33. The lowest BCUT2D eigenvalue weighted by atomic mass is 10.2. The van der Waals surface area contributed by atoms with Crippen molar-refractivity contribution in [3.63, 3.8) is 0 Å². The Bertz CT molecular complexity index is 965. The van der Waals surface area contributed by atoms with Gasteiger partial charge in [-0.1, -0.05) is 28.9 Å². The first-order valence-corrected chi connectivity index (χ1v) is 10.6. The maximum atomic E-state index is 14.1. The van der Waals surface area contributed by atoms with E-state index in [2.05, 4.69) is 15.6 Å². The molecule has 3 rings (SSSR count). The molecule has 1 aliphatic heterocycles. The van der Waals surface area contributed by atoms with Crippen LogP contribution in [0.2, 0.25) is 5.02 Å². The van der Waals surface area contributed by atoms with Crippen molar-refractivity contribution < 1.29 is 17.6 Å². The molecule has 8 nitrogen and oxygen atoms in total. The van der Waals surface area contributed by atoms with Crippen molar-refractivity contribution in [2.45, 2.75) is 50.0 Å².